The normalized spacial score (nSPS) is 8.60. The van der Waals surface area contributed by atoms with Crippen LogP contribution < -0.4 is 0 Å². The lowest BCUT2D eigenvalue weighted by Crippen LogP contribution is -1.47. The predicted molar refractivity (Wildman–Crippen MR) is 43.1 cm³/mol. The van der Waals surface area contributed by atoms with Gasteiger partial charge < -0.3 is 0 Å². The van der Waals surface area contributed by atoms with Gasteiger partial charge in [-0.1, -0.05) is 36.4 Å². The van der Waals surface area contributed by atoms with E-state index in [9.17, 15) is 0 Å². The fourth-order valence-electron chi connectivity index (χ4n) is 0.385. The molecule has 0 aliphatic carbocycles. The molecule has 2 heteroatoms. The molecule has 0 amide bonds. The first-order valence-corrected chi connectivity index (χ1v) is 3.09. The third-order valence-corrected chi connectivity index (χ3v) is 0.867. The number of benzene rings is 1. The van der Waals surface area contributed by atoms with Crippen LogP contribution in [0.15, 0.2) is 46.6 Å². The van der Waals surface area contributed by atoms with Crippen molar-refractivity contribution in [2.24, 2.45) is 10.2 Å². The summed E-state index contributed by atoms with van der Waals surface area (Å²) in [5.74, 6) is 0. The summed E-state index contributed by atoms with van der Waals surface area (Å²) in [6, 6.07) is 12.0. The minimum atomic E-state index is 1.64. The van der Waals surface area contributed by atoms with Crippen molar-refractivity contribution in [3.8, 4) is 0 Å². The summed E-state index contributed by atoms with van der Waals surface area (Å²) < 4.78 is 0. The molecule has 0 heterocycles. The van der Waals surface area contributed by atoms with Crippen LogP contribution in [0.4, 0.5) is 0 Å². The molecular weight excluding hydrogens is 124 g/mol. The van der Waals surface area contributed by atoms with E-state index in [4.69, 9.17) is 0 Å². The second-order valence-corrected chi connectivity index (χ2v) is 1.55. The summed E-state index contributed by atoms with van der Waals surface area (Å²) in [5.41, 5.74) is 0. The van der Waals surface area contributed by atoms with Gasteiger partial charge in [-0.2, -0.15) is 10.2 Å². The minimum Gasteiger partial charge on any atom is -0.198 e. The topological polar surface area (TPSA) is 24.7 Å². The van der Waals surface area contributed by atoms with Gasteiger partial charge in [-0.05, 0) is 0 Å². The van der Waals surface area contributed by atoms with Crippen molar-refractivity contribution >= 4 is 0 Å². The van der Waals surface area contributed by atoms with Crippen molar-refractivity contribution in [1.82, 2.24) is 0 Å². The highest BCUT2D eigenvalue weighted by atomic mass is 15.0. The van der Waals surface area contributed by atoms with Crippen molar-refractivity contribution < 1.29 is 0 Å². The number of azo groups is 1. The van der Waals surface area contributed by atoms with Crippen LogP contribution in [0.3, 0.4) is 0 Å². The molecule has 0 radical (unpaired) electrons. The minimum absolute atomic E-state index is 1.64. The van der Waals surface area contributed by atoms with Gasteiger partial charge in [0.15, 0.2) is 0 Å². The van der Waals surface area contributed by atoms with E-state index in [0.29, 0.717) is 0 Å². The molecule has 0 N–H and O–H groups in total. The highest BCUT2D eigenvalue weighted by molar-refractivity contribution is 4.99. The third-order valence-electron chi connectivity index (χ3n) is 0.867. The van der Waals surface area contributed by atoms with Crippen LogP contribution in [0, 0.1) is 0 Å². The van der Waals surface area contributed by atoms with Crippen LogP contribution in [-0.2, 0) is 0 Å². The maximum atomic E-state index is 3.36. The fraction of sp³-hybridized carbons (Fsp3) is 0.250. The summed E-state index contributed by atoms with van der Waals surface area (Å²) in [6.45, 7) is 0. The highest BCUT2D eigenvalue weighted by Crippen LogP contribution is 1.79. The van der Waals surface area contributed by atoms with Gasteiger partial charge >= 0.3 is 0 Å². The van der Waals surface area contributed by atoms with Crippen molar-refractivity contribution in [2.45, 2.75) is 0 Å². The Hall–Kier alpha value is -1.18. The molecule has 0 bridgehead atoms. The number of hydrogen-bond acceptors (Lipinski definition) is 2. The Morgan fingerprint density at radius 1 is 0.600 bits per heavy atom. The Morgan fingerprint density at radius 3 is 0.900 bits per heavy atom. The number of nitrogens with zero attached hydrogens (tertiary/aromatic N) is 2. The van der Waals surface area contributed by atoms with E-state index < -0.39 is 0 Å². The average molecular weight is 136 g/mol. The van der Waals surface area contributed by atoms with Crippen LogP contribution in [0.5, 0.6) is 0 Å². The van der Waals surface area contributed by atoms with Crippen LogP contribution in [0.25, 0.3) is 0 Å². The van der Waals surface area contributed by atoms with Gasteiger partial charge in [0, 0.05) is 14.1 Å². The quantitative estimate of drug-likeness (QED) is 0.489. The Balaban J connectivity index is 0.000000180. The maximum absolute atomic E-state index is 3.36. The number of hydrogen-bond donors (Lipinski definition) is 0. The van der Waals surface area contributed by atoms with Gasteiger partial charge in [-0.3, -0.25) is 0 Å². The Bertz CT molecular complexity index is 127. The average Bonchev–Trinajstić information content (AvgIpc) is 2.08. The van der Waals surface area contributed by atoms with E-state index in [2.05, 4.69) is 10.2 Å². The molecule has 0 aliphatic heterocycles. The van der Waals surface area contributed by atoms with E-state index >= 15 is 0 Å². The number of rotatable bonds is 0. The monoisotopic (exact) mass is 136 g/mol. The Morgan fingerprint density at radius 2 is 0.800 bits per heavy atom. The summed E-state index contributed by atoms with van der Waals surface area (Å²) in [7, 11) is 3.28. The molecule has 2 nitrogen and oxygen atoms in total. The van der Waals surface area contributed by atoms with Crippen LogP contribution in [0.2, 0.25) is 0 Å². The Labute approximate surface area is 61.6 Å². The van der Waals surface area contributed by atoms with E-state index in [1.54, 1.807) is 14.1 Å². The molecule has 0 fully saturated rings. The molecule has 0 saturated carbocycles. The first-order chi connectivity index (χ1) is 4.91. The van der Waals surface area contributed by atoms with E-state index in [1.807, 2.05) is 36.4 Å². The first kappa shape index (κ1) is 8.82. The van der Waals surface area contributed by atoms with E-state index in [-0.39, 0.29) is 0 Å². The zero-order valence-electron chi connectivity index (χ0n) is 6.36. The van der Waals surface area contributed by atoms with Gasteiger partial charge in [0.25, 0.3) is 0 Å². The van der Waals surface area contributed by atoms with Crippen LogP contribution >= 0.6 is 0 Å². The highest BCUT2D eigenvalue weighted by Gasteiger charge is 1.57. The van der Waals surface area contributed by atoms with Crippen LogP contribution in [-0.4, -0.2) is 14.1 Å². The van der Waals surface area contributed by atoms with Gasteiger partial charge in [0.1, 0.15) is 0 Å². The van der Waals surface area contributed by atoms with E-state index in [0.717, 1.165) is 0 Å². The molecule has 1 aromatic rings. The fourth-order valence-corrected chi connectivity index (χ4v) is 0.385. The zero-order valence-corrected chi connectivity index (χ0v) is 6.36. The maximum Gasteiger partial charge on any atom is 0.0487 e. The van der Waals surface area contributed by atoms with Crippen molar-refractivity contribution in [3.63, 3.8) is 0 Å². The summed E-state index contributed by atoms with van der Waals surface area (Å²) in [4.78, 5) is 0. The third kappa shape index (κ3) is 6.82. The van der Waals surface area contributed by atoms with Gasteiger partial charge in [0.05, 0.1) is 0 Å². The lowest BCUT2D eigenvalue weighted by atomic mass is 10.4. The van der Waals surface area contributed by atoms with Gasteiger partial charge in [-0.25, -0.2) is 0 Å². The molecule has 54 valence electrons. The predicted octanol–water partition coefficient (Wildman–Crippen LogP) is 2.38. The SMILES string of the molecule is CN=NC.c1ccccc1. The smallest absolute Gasteiger partial charge is 0.0487 e. The molecule has 0 aromatic heterocycles. The molecule has 0 aliphatic rings. The first-order valence-electron chi connectivity index (χ1n) is 3.09. The molecule has 1 aromatic carbocycles. The summed E-state index contributed by atoms with van der Waals surface area (Å²) in [6.07, 6.45) is 0. The Kier molecular flexibility index (Phi) is 6.90. The molecule has 0 spiro atoms. The van der Waals surface area contributed by atoms with Crippen molar-refractivity contribution in [2.75, 3.05) is 14.1 Å². The van der Waals surface area contributed by atoms with Crippen molar-refractivity contribution in [3.05, 3.63) is 36.4 Å². The van der Waals surface area contributed by atoms with Gasteiger partial charge in [0.2, 0.25) is 0 Å². The molecule has 0 atom stereocenters. The summed E-state index contributed by atoms with van der Waals surface area (Å²) in [5, 5.41) is 6.72. The second-order valence-electron chi connectivity index (χ2n) is 1.55. The second kappa shape index (κ2) is 7.82. The molecule has 10 heavy (non-hydrogen) atoms. The van der Waals surface area contributed by atoms with Gasteiger partial charge in [-0.15, -0.1) is 0 Å². The van der Waals surface area contributed by atoms with E-state index in [1.165, 1.54) is 0 Å². The van der Waals surface area contributed by atoms with Crippen LogP contribution in [0.1, 0.15) is 0 Å². The lowest BCUT2D eigenvalue weighted by Gasteiger charge is -1.69. The molecule has 0 unspecified atom stereocenters. The zero-order chi connectivity index (χ0) is 7.66. The lowest BCUT2D eigenvalue weighted by molar-refractivity contribution is 1.11. The standard InChI is InChI=1S/C6H6.C2H6N2/c1-2-4-6-5-3-1;1-3-4-2/h1-6H;1-2H3. The van der Waals surface area contributed by atoms with Crippen molar-refractivity contribution in [1.29, 1.82) is 0 Å². The molecular formula is C8H12N2. The molecule has 0 saturated heterocycles. The summed E-state index contributed by atoms with van der Waals surface area (Å²) >= 11 is 0. The largest absolute Gasteiger partial charge is 0.198 e. The molecule has 1 rings (SSSR count).